The van der Waals surface area contributed by atoms with Gasteiger partial charge in [-0.05, 0) is 37.1 Å². The Balaban J connectivity index is 2.60. The van der Waals surface area contributed by atoms with Crippen LogP contribution in [-0.4, -0.2) is 22.3 Å². The molecule has 0 saturated heterocycles. The molecule has 4 heteroatoms. The average molecular weight is 295 g/mol. The number of hydrogen-bond acceptors (Lipinski definition) is 4. The van der Waals surface area contributed by atoms with Crippen molar-refractivity contribution in [2.75, 3.05) is 5.32 Å². The number of rotatable bonds is 6. The van der Waals surface area contributed by atoms with Gasteiger partial charge < -0.3 is 15.8 Å². The molecule has 22 heavy (non-hydrogen) atoms. The largest absolute Gasteiger partial charge is 0.392 e. The Morgan fingerprint density at radius 1 is 1.36 bits per heavy atom. The number of benzene rings is 1. The molecule has 1 aromatic heterocycles. The number of pyridine rings is 1. The molecule has 0 radical (unpaired) electrons. The molecule has 0 spiro atoms. The van der Waals surface area contributed by atoms with Gasteiger partial charge in [0.1, 0.15) is 5.82 Å². The molecular formula is C18H21N3O. The van der Waals surface area contributed by atoms with Crippen LogP contribution in [-0.2, 0) is 6.61 Å². The van der Waals surface area contributed by atoms with Crippen molar-refractivity contribution < 1.29 is 5.11 Å². The summed E-state index contributed by atoms with van der Waals surface area (Å²) in [7, 11) is 0. The number of aliphatic hydroxyl groups excluding tert-OH is 1. The molecule has 0 amide bonds. The van der Waals surface area contributed by atoms with Crippen LogP contribution in [0, 0.1) is 5.41 Å². The number of nitrogens with one attached hydrogen (secondary N) is 2. The second kappa shape index (κ2) is 7.00. The molecular weight excluding hydrogens is 274 g/mol. The summed E-state index contributed by atoms with van der Waals surface area (Å²) in [6, 6.07) is 9.77. The highest BCUT2D eigenvalue weighted by atomic mass is 16.3. The second-order valence-corrected chi connectivity index (χ2v) is 5.36. The first-order valence-corrected chi connectivity index (χ1v) is 7.23. The zero-order valence-electron chi connectivity index (χ0n) is 12.9. The number of aliphatic hydroxyl groups is 1. The summed E-state index contributed by atoms with van der Waals surface area (Å²) >= 11 is 0. The number of nitrogens with zero attached hydrogens (tertiary/aromatic N) is 1. The van der Waals surface area contributed by atoms with E-state index in [-0.39, 0.29) is 12.6 Å². The van der Waals surface area contributed by atoms with Gasteiger partial charge in [-0.15, -0.1) is 0 Å². The third-order valence-electron chi connectivity index (χ3n) is 3.29. The highest BCUT2D eigenvalue weighted by Gasteiger charge is 2.11. The van der Waals surface area contributed by atoms with Gasteiger partial charge in [0.2, 0.25) is 0 Å². The van der Waals surface area contributed by atoms with E-state index in [1.165, 1.54) is 6.21 Å². The maximum Gasteiger partial charge on any atom is 0.136 e. The Hall–Kier alpha value is -2.46. The van der Waals surface area contributed by atoms with Crippen LogP contribution in [0.4, 0.5) is 5.82 Å². The van der Waals surface area contributed by atoms with Crippen LogP contribution in [0.1, 0.15) is 30.5 Å². The fourth-order valence-electron chi connectivity index (χ4n) is 2.26. The predicted octanol–water partition coefficient (Wildman–Crippen LogP) is 3.70. The number of aromatic nitrogens is 1. The van der Waals surface area contributed by atoms with E-state index >= 15 is 0 Å². The third kappa shape index (κ3) is 3.40. The van der Waals surface area contributed by atoms with Gasteiger partial charge in [0.25, 0.3) is 0 Å². The monoisotopic (exact) mass is 295 g/mol. The smallest absolute Gasteiger partial charge is 0.136 e. The minimum absolute atomic E-state index is 0.00214. The van der Waals surface area contributed by atoms with Gasteiger partial charge in [-0.25, -0.2) is 4.98 Å². The predicted molar refractivity (Wildman–Crippen MR) is 92.3 cm³/mol. The molecule has 0 aliphatic carbocycles. The van der Waals surface area contributed by atoms with Crippen molar-refractivity contribution in [1.82, 2.24) is 4.98 Å². The van der Waals surface area contributed by atoms with Crippen LogP contribution in [0.3, 0.4) is 0 Å². The lowest BCUT2D eigenvalue weighted by Gasteiger charge is -2.16. The molecule has 0 aliphatic rings. The number of anilines is 1. The Bertz CT molecular complexity index is 693. The molecule has 3 N–H and O–H groups in total. The van der Waals surface area contributed by atoms with E-state index in [9.17, 15) is 5.11 Å². The molecule has 0 aliphatic heterocycles. The van der Waals surface area contributed by atoms with Crippen molar-refractivity contribution in [1.29, 1.82) is 5.41 Å². The average Bonchev–Trinajstić information content (AvgIpc) is 2.53. The van der Waals surface area contributed by atoms with Crippen molar-refractivity contribution in [2.24, 2.45) is 0 Å². The van der Waals surface area contributed by atoms with Crippen LogP contribution < -0.4 is 5.32 Å². The highest BCUT2D eigenvalue weighted by molar-refractivity contribution is 5.91. The van der Waals surface area contributed by atoms with E-state index < -0.39 is 0 Å². The van der Waals surface area contributed by atoms with Crippen molar-refractivity contribution >= 4 is 18.1 Å². The molecule has 2 rings (SSSR count). The fraction of sp³-hybridized carbons (Fsp3) is 0.222. The maximum absolute atomic E-state index is 9.29. The van der Waals surface area contributed by atoms with Gasteiger partial charge in [-0.2, -0.15) is 0 Å². The van der Waals surface area contributed by atoms with E-state index in [4.69, 9.17) is 5.41 Å². The van der Waals surface area contributed by atoms with Crippen LogP contribution in [0.2, 0.25) is 0 Å². The van der Waals surface area contributed by atoms with Crippen molar-refractivity contribution in [3.8, 4) is 11.3 Å². The molecule has 114 valence electrons. The quantitative estimate of drug-likeness (QED) is 0.712. The molecule has 2 aromatic rings. The van der Waals surface area contributed by atoms with E-state index in [0.717, 1.165) is 27.9 Å². The topological polar surface area (TPSA) is 69.0 Å². The maximum atomic E-state index is 9.29. The van der Waals surface area contributed by atoms with E-state index in [0.29, 0.717) is 5.82 Å². The van der Waals surface area contributed by atoms with Gasteiger partial charge >= 0.3 is 0 Å². The van der Waals surface area contributed by atoms with Gasteiger partial charge in [0, 0.05) is 23.4 Å². The Labute approximate surface area is 131 Å². The van der Waals surface area contributed by atoms with Crippen LogP contribution >= 0.6 is 0 Å². The zero-order valence-corrected chi connectivity index (χ0v) is 12.9. The minimum atomic E-state index is -0.00214. The zero-order chi connectivity index (χ0) is 16.1. The van der Waals surface area contributed by atoms with Crippen LogP contribution in [0.25, 0.3) is 17.3 Å². The SMILES string of the molecule is C=Cc1cc(-c2cccc(CO)c2)nc(NC(C)C)c1C=N. The molecule has 4 nitrogen and oxygen atoms in total. The summed E-state index contributed by atoms with van der Waals surface area (Å²) in [5, 5.41) is 20.2. The second-order valence-electron chi connectivity index (χ2n) is 5.36. The lowest BCUT2D eigenvalue weighted by Crippen LogP contribution is -2.14. The molecule has 0 fully saturated rings. The molecule has 0 bridgehead atoms. The lowest BCUT2D eigenvalue weighted by atomic mass is 10.0. The summed E-state index contributed by atoms with van der Waals surface area (Å²) in [4.78, 5) is 4.65. The van der Waals surface area contributed by atoms with E-state index in [1.54, 1.807) is 6.08 Å². The highest BCUT2D eigenvalue weighted by Crippen LogP contribution is 2.26. The Morgan fingerprint density at radius 2 is 2.14 bits per heavy atom. The van der Waals surface area contributed by atoms with Crippen LogP contribution in [0.5, 0.6) is 0 Å². The summed E-state index contributed by atoms with van der Waals surface area (Å²) in [5.41, 5.74) is 4.15. The van der Waals surface area contributed by atoms with Crippen LogP contribution in [0.15, 0.2) is 36.9 Å². The van der Waals surface area contributed by atoms with Crippen molar-refractivity contribution in [2.45, 2.75) is 26.5 Å². The van der Waals surface area contributed by atoms with E-state index in [1.807, 2.05) is 44.2 Å². The molecule has 1 heterocycles. The standard InChI is InChI=1S/C18H21N3O/c1-4-14-9-17(15-7-5-6-13(8-15)11-22)21-18(16(14)10-19)20-12(2)3/h4-10,12,19,22H,1,11H2,2-3H3,(H,20,21). The van der Waals surface area contributed by atoms with E-state index in [2.05, 4.69) is 16.9 Å². The molecule has 0 unspecified atom stereocenters. The lowest BCUT2D eigenvalue weighted by molar-refractivity contribution is 0.282. The Kier molecular flexibility index (Phi) is 5.07. The molecule has 0 atom stereocenters. The van der Waals surface area contributed by atoms with Gasteiger partial charge in [0.15, 0.2) is 0 Å². The first-order chi connectivity index (χ1) is 10.6. The summed E-state index contributed by atoms with van der Waals surface area (Å²) in [5.74, 6) is 0.673. The summed E-state index contributed by atoms with van der Waals surface area (Å²) < 4.78 is 0. The fourth-order valence-corrected chi connectivity index (χ4v) is 2.26. The van der Waals surface area contributed by atoms with Gasteiger partial charge in [-0.1, -0.05) is 30.9 Å². The molecule has 0 saturated carbocycles. The van der Waals surface area contributed by atoms with Gasteiger partial charge in [0.05, 0.1) is 12.3 Å². The molecule has 1 aromatic carbocycles. The Morgan fingerprint density at radius 3 is 2.73 bits per heavy atom. The summed E-state index contributed by atoms with van der Waals surface area (Å²) in [6.07, 6.45) is 3.02. The van der Waals surface area contributed by atoms with Gasteiger partial charge in [-0.3, -0.25) is 0 Å². The normalized spacial score (nSPS) is 10.5. The minimum Gasteiger partial charge on any atom is -0.392 e. The van der Waals surface area contributed by atoms with Crippen molar-refractivity contribution in [3.05, 3.63) is 53.6 Å². The first kappa shape index (κ1) is 15.9. The third-order valence-corrected chi connectivity index (χ3v) is 3.29. The first-order valence-electron chi connectivity index (χ1n) is 7.23. The van der Waals surface area contributed by atoms with Crippen molar-refractivity contribution in [3.63, 3.8) is 0 Å². The number of hydrogen-bond donors (Lipinski definition) is 3. The summed E-state index contributed by atoms with van der Waals surface area (Å²) in [6.45, 7) is 7.89.